The normalized spacial score (nSPS) is 16.5. The molecule has 1 aromatic heterocycles. The van der Waals surface area contributed by atoms with E-state index in [9.17, 15) is 4.79 Å². The fourth-order valence-corrected chi connectivity index (χ4v) is 3.22. The van der Waals surface area contributed by atoms with Crippen LogP contribution in [-0.2, 0) is 0 Å². The molecule has 1 aliphatic carbocycles. The van der Waals surface area contributed by atoms with Crippen molar-refractivity contribution in [2.45, 2.75) is 51.5 Å². The molecule has 1 N–H and O–H groups in total. The summed E-state index contributed by atoms with van der Waals surface area (Å²) in [6.07, 6.45) is 7.08. The second-order valence-corrected chi connectivity index (χ2v) is 6.08. The van der Waals surface area contributed by atoms with E-state index in [2.05, 4.69) is 5.32 Å². The van der Waals surface area contributed by atoms with E-state index < -0.39 is 0 Å². The number of ether oxygens (including phenoxy) is 1. The number of methoxy groups -OCH3 is 1. The first-order valence-electron chi connectivity index (χ1n) is 8.07. The molecule has 1 fully saturated rings. The summed E-state index contributed by atoms with van der Waals surface area (Å²) in [5.41, 5.74) is 1.60. The SMILES string of the molecule is COc1ccc2oc(C(=O)NC3CCCCCC3)c(C)c2c1. The molecule has 0 atom stereocenters. The Morgan fingerprint density at radius 1 is 1.23 bits per heavy atom. The number of rotatable bonds is 3. The third kappa shape index (κ3) is 2.96. The second-order valence-electron chi connectivity index (χ2n) is 6.08. The second kappa shape index (κ2) is 6.42. The van der Waals surface area contributed by atoms with E-state index in [0.29, 0.717) is 5.76 Å². The average molecular weight is 301 g/mol. The Kier molecular flexibility index (Phi) is 4.36. The predicted molar refractivity (Wildman–Crippen MR) is 86.5 cm³/mol. The summed E-state index contributed by atoms with van der Waals surface area (Å²) in [6, 6.07) is 5.88. The van der Waals surface area contributed by atoms with Crippen molar-refractivity contribution in [1.82, 2.24) is 5.32 Å². The number of carbonyl (C=O) groups excluding carboxylic acids is 1. The zero-order chi connectivity index (χ0) is 15.5. The zero-order valence-electron chi connectivity index (χ0n) is 13.3. The molecule has 0 unspecified atom stereocenters. The number of hydrogen-bond acceptors (Lipinski definition) is 3. The van der Waals surface area contributed by atoms with Gasteiger partial charge in [0.2, 0.25) is 0 Å². The van der Waals surface area contributed by atoms with Crippen LogP contribution in [0.4, 0.5) is 0 Å². The van der Waals surface area contributed by atoms with Gasteiger partial charge in [0.15, 0.2) is 5.76 Å². The molecule has 4 heteroatoms. The van der Waals surface area contributed by atoms with Crippen LogP contribution in [0.1, 0.15) is 54.6 Å². The van der Waals surface area contributed by atoms with Gasteiger partial charge in [-0.1, -0.05) is 25.7 Å². The van der Waals surface area contributed by atoms with E-state index in [1.54, 1.807) is 7.11 Å². The fourth-order valence-electron chi connectivity index (χ4n) is 3.22. The molecule has 1 amide bonds. The molecule has 4 nitrogen and oxygen atoms in total. The van der Waals surface area contributed by atoms with Crippen LogP contribution >= 0.6 is 0 Å². The molecular formula is C18H23NO3. The molecule has 0 aliphatic heterocycles. The summed E-state index contributed by atoms with van der Waals surface area (Å²) in [5, 5.41) is 4.08. The Bertz CT molecular complexity index is 666. The first-order chi connectivity index (χ1) is 10.7. The molecule has 0 spiro atoms. The monoisotopic (exact) mass is 301 g/mol. The minimum atomic E-state index is -0.0976. The summed E-state index contributed by atoms with van der Waals surface area (Å²) in [6.45, 7) is 1.92. The number of carbonyl (C=O) groups is 1. The number of benzene rings is 1. The number of amides is 1. The Labute approximate surface area is 130 Å². The van der Waals surface area contributed by atoms with Gasteiger partial charge in [-0.15, -0.1) is 0 Å². The van der Waals surface area contributed by atoms with Crippen molar-refractivity contribution < 1.29 is 13.9 Å². The van der Waals surface area contributed by atoms with E-state index >= 15 is 0 Å². The molecule has 0 saturated heterocycles. The molecule has 2 aromatic rings. The molecule has 0 bridgehead atoms. The summed E-state index contributed by atoms with van der Waals surface area (Å²) in [5.74, 6) is 1.10. The van der Waals surface area contributed by atoms with Crippen molar-refractivity contribution >= 4 is 16.9 Å². The molecular weight excluding hydrogens is 278 g/mol. The van der Waals surface area contributed by atoms with Crippen LogP contribution < -0.4 is 10.1 Å². The van der Waals surface area contributed by atoms with Gasteiger partial charge in [-0.25, -0.2) is 0 Å². The first kappa shape index (κ1) is 14.9. The zero-order valence-corrected chi connectivity index (χ0v) is 13.3. The summed E-state index contributed by atoms with van der Waals surface area (Å²) >= 11 is 0. The van der Waals surface area contributed by atoms with Crippen LogP contribution in [0, 0.1) is 6.92 Å². The number of hydrogen-bond donors (Lipinski definition) is 1. The Hall–Kier alpha value is -1.97. The number of furan rings is 1. The van der Waals surface area contributed by atoms with Gasteiger partial charge in [0, 0.05) is 17.0 Å². The van der Waals surface area contributed by atoms with Gasteiger partial charge in [0.1, 0.15) is 11.3 Å². The lowest BCUT2D eigenvalue weighted by molar-refractivity contribution is 0.0906. The standard InChI is InChI=1S/C18H23NO3/c1-12-15-11-14(21-2)9-10-16(15)22-17(12)18(20)19-13-7-5-3-4-6-8-13/h9-11,13H,3-8H2,1-2H3,(H,19,20). The lowest BCUT2D eigenvalue weighted by Gasteiger charge is -2.15. The van der Waals surface area contributed by atoms with Crippen molar-refractivity contribution in [3.05, 3.63) is 29.5 Å². The van der Waals surface area contributed by atoms with Crippen molar-refractivity contribution in [3.63, 3.8) is 0 Å². The fraction of sp³-hybridized carbons (Fsp3) is 0.500. The Balaban J connectivity index is 1.82. The highest BCUT2D eigenvalue weighted by atomic mass is 16.5. The molecule has 22 heavy (non-hydrogen) atoms. The first-order valence-corrected chi connectivity index (χ1v) is 8.07. The molecule has 1 aromatic carbocycles. The highest BCUT2D eigenvalue weighted by molar-refractivity contribution is 5.99. The van der Waals surface area contributed by atoms with E-state index in [1.807, 2.05) is 25.1 Å². The summed E-state index contributed by atoms with van der Waals surface area (Å²) in [4.78, 5) is 12.5. The molecule has 3 rings (SSSR count). The van der Waals surface area contributed by atoms with Crippen LogP contribution in [0.15, 0.2) is 22.6 Å². The quantitative estimate of drug-likeness (QED) is 0.864. The maximum atomic E-state index is 12.5. The topological polar surface area (TPSA) is 51.5 Å². The van der Waals surface area contributed by atoms with Crippen LogP contribution in [0.5, 0.6) is 5.75 Å². The molecule has 0 radical (unpaired) electrons. The Morgan fingerprint density at radius 2 is 1.95 bits per heavy atom. The predicted octanol–water partition coefficient (Wildman–Crippen LogP) is 4.20. The van der Waals surface area contributed by atoms with Gasteiger partial charge in [-0.3, -0.25) is 4.79 Å². The van der Waals surface area contributed by atoms with Crippen LogP contribution in [0.3, 0.4) is 0 Å². The number of fused-ring (bicyclic) bond motifs is 1. The van der Waals surface area contributed by atoms with Crippen LogP contribution in [-0.4, -0.2) is 19.1 Å². The van der Waals surface area contributed by atoms with Crippen molar-refractivity contribution in [2.75, 3.05) is 7.11 Å². The maximum absolute atomic E-state index is 12.5. The van der Waals surface area contributed by atoms with Gasteiger partial charge < -0.3 is 14.5 Å². The summed E-state index contributed by atoms with van der Waals surface area (Å²) in [7, 11) is 1.64. The van der Waals surface area contributed by atoms with Gasteiger partial charge in [-0.05, 0) is 38.0 Å². The van der Waals surface area contributed by atoms with Crippen molar-refractivity contribution in [3.8, 4) is 5.75 Å². The average Bonchev–Trinajstić information content (AvgIpc) is 2.70. The lowest BCUT2D eigenvalue weighted by atomic mass is 10.1. The minimum absolute atomic E-state index is 0.0976. The van der Waals surface area contributed by atoms with Crippen LogP contribution in [0.25, 0.3) is 11.0 Å². The van der Waals surface area contributed by atoms with Gasteiger partial charge >= 0.3 is 0 Å². The van der Waals surface area contributed by atoms with Crippen LogP contribution in [0.2, 0.25) is 0 Å². The van der Waals surface area contributed by atoms with E-state index in [0.717, 1.165) is 35.1 Å². The minimum Gasteiger partial charge on any atom is -0.497 e. The van der Waals surface area contributed by atoms with Gasteiger partial charge in [-0.2, -0.15) is 0 Å². The lowest BCUT2D eigenvalue weighted by Crippen LogP contribution is -2.34. The third-order valence-electron chi connectivity index (χ3n) is 4.54. The van der Waals surface area contributed by atoms with Crippen molar-refractivity contribution in [2.24, 2.45) is 0 Å². The van der Waals surface area contributed by atoms with E-state index in [1.165, 1.54) is 25.7 Å². The highest BCUT2D eigenvalue weighted by Gasteiger charge is 2.21. The summed E-state index contributed by atoms with van der Waals surface area (Å²) < 4.78 is 11.0. The highest BCUT2D eigenvalue weighted by Crippen LogP contribution is 2.29. The molecule has 118 valence electrons. The Morgan fingerprint density at radius 3 is 2.64 bits per heavy atom. The third-order valence-corrected chi connectivity index (χ3v) is 4.54. The smallest absolute Gasteiger partial charge is 0.287 e. The van der Waals surface area contributed by atoms with Gasteiger partial charge in [0.25, 0.3) is 5.91 Å². The molecule has 1 saturated carbocycles. The van der Waals surface area contributed by atoms with Crippen molar-refractivity contribution in [1.29, 1.82) is 0 Å². The molecule has 1 heterocycles. The molecule has 1 aliphatic rings. The number of aryl methyl sites for hydroxylation is 1. The number of nitrogens with one attached hydrogen (secondary N) is 1. The van der Waals surface area contributed by atoms with Gasteiger partial charge in [0.05, 0.1) is 7.11 Å². The maximum Gasteiger partial charge on any atom is 0.287 e. The largest absolute Gasteiger partial charge is 0.497 e. The van der Waals surface area contributed by atoms with E-state index in [4.69, 9.17) is 9.15 Å². The van der Waals surface area contributed by atoms with E-state index in [-0.39, 0.29) is 11.9 Å².